The maximum Gasteiger partial charge on any atom is 0.143 e. The fourth-order valence-corrected chi connectivity index (χ4v) is 2.17. The Hall–Kier alpha value is -2.56. The lowest BCUT2D eigenvalue weighted by Gasteiger charge is -2.18. The van der Waals surface area contributed by atoms with Crippen molar-refractivity contribution in [1.29, 1.82) is 0 Å². The number of hydrogen-bond donors (Lipinski definition) is 1. The number of rotatable bonds is 4. The summed E-state index contributed by atoms with van der Waals surface area (Å²) in [5, 5.41) is 3.45. The summed E-state index contributed by atoms with van der Waals surface area (Å²) in [5.41, 5.74) is 1.91. The third-order valence-corrected chi connectivity index (χ3v) is 3.25. The number of furan rings is 1. The highest BCUT2D eigenvalue weighted by Gasteiger charge is 2.21. The van der Waals surface area contributed by atoms with E-state index < -0.39 is 0 Å². The second-order valence-electron chi connectivity index (χ2n) is 4.63. The summed E-state index contributed by atoms with van der Waals surface area (Å²) in [7, 11) is 1.97. The summed E-state index contributed by atoms with van der Waals surface area (Å²) in [4.78, 5) is 8.71. The topological polar surface area (TPSA) is 55.9 Å². The maximum absolute atomic E-state index is 5.55. The van der Waals surface area contributed by atoms with Gasteiger partial charge in [-0.15, -0.1) is 0 Å². The molecular weight excluding hydrogens is 252 g/mol. The Morgan fingerprint density at radius 1 is 1.20 bits per heavy atom. The van der Waals surface area contributed by atoms with Crippen molar-refractivity contribution in [3.05, 3.63) is 66.4 Å². The molecule has 3 aromatic heterocycles. The molecule has 0 bridgehead atoms. The third-order valence-electron chi connectivity index (χ3n) is 3.25. The Labute approximate surface area is 117 Å². The molecule has 102 valence electrons. The highest BCUT2D eigenvalue weighted by Crippen LogP contribution is 2.26. The molecule has 3 rings (SSSR count). The molecule has 5 heteroatoms. The van der Waals surface area contributed by atoms with Gasteiger partial charge in [0.25, 0.3) is 0 Å². The van der Waals surface area contributed by atoms with Crippen molar-refractivity contribution in [2.45, 2.75) is 13.0 Å². The van der Waals surface area contributed by atoms with E-state index in [2.05, 4.69) is 15.3 Å². The average molecular weight is 268 g/mol. The van der Waals surface area contributed by atoms with Crippen LogP contribution in [0.5, 0.6) is 0 Å². The van der Waals surface area contributed by atoms with Crippen LogP contribution in [0.3, 0.4) is 0 Å². The molecule has 0 aliphatic heterocycles. The molecule has 1 N–H and O–H groups in total. The van der Waals surface area contributed by atoms with Gasteiger partial charge in [-0.2, -0.15) is 0 Å². The van der Waals surface area contributed by atoms with E-state index in [1.165, 1.54) is 0 Å². The molecule has 0 fully saturated rings. The van der Waals surface area contributed by atoms with Crippen LogP contribution < -0.4 is 5.32 Å². The summed E-state index contributed by atoms with van der Waals surface area (Å²) in [6.07, 6.45) is 7.15. The van der Waals surface area contributed by atoms with Gasteiger partial charge in [-0.05, 0) is 31.2 Å². The highest BCUT2D eigenvalue weighted by molar-refractivity contribution is 5.49. The molecule has 0 aliphatic carbocycles. The molecule has 1 unspecified atom stereocenters. The van der Waals surface area contributed by atoms with Crippen LogP contribution in [0.15, 0.2) is 53.5 Å². The lowest BCUT2D eigenvalue weighted by atomic mass is 10.2. The number of pyridine rings is 1. The van der Waals surface area contributed by atoms with Crippen molar-refractivity contribution >= 4 is 5.69 Å². The van der Waals surface area contributed by atoms with Gasteiger partial charge in [0.15, 0.2) is 0 Å². The minimum absolute atomic E-state index is 0.145. The Morgan fingerprint density at radius 3 is 2.75 bits per heavy atom. The van der Waals surface area contributed by atoms with Gasteiger partial charge in [0.2, 0.25) is 0 Å². The fourth-order valence-electron chi connectivity index (χ4n) is 2.17. The summed E-state index contributed by atoms with van der Waals surface area (Å²) in [6, 6.07) is 7.59. The molecule has 3 aromatic rings. The minimum atomic E-state index is -0.145. The van der Waals surface area contributed by atoms with Crippen LogP contribution in [-0.2, 0) is 7.05 Å². The Balaban J connectivity index is 1.99. The van der Waals surface area contributed by atoms with Crippen LogP contribution in [0.2, 0.25) is 0 Å². The van der Waals surface area contributed by atoms with Crippen LogP contribution >= 0.6 is 0 Å². The summed E-state index contributed by atoms with van der Waals surface area (Å²) in [6.45, 7) is 1.97. The quantitative estimate of drug-likeness (QED) is 0.790. The smallest absolute Gasteiger partial charge is 0.143 e. The number of anilines is 1. The van der Waals surface area contributed by atoms with E-state index in [4.69, 9.17) is 4.42 Å². The van der Waals surface area contributed by atoms with E-state index >= 15 is 0 Å². The van der Waals surface area contributed by atoms with Crippen molar-refractivity contribution in [3.63, 3.8) is 0 Å². The molecule has 5 nitrogen and oxygen atoms in total. The van der Waals surface area contributed by atoms with Crippen LogP contribution in [-0.4, -0.2) is 14.5 Å². The largest absolute Gasteiger partial charge is 0.467 e. The number of imidazole rings is 1. The van der Waals surface area contributed by atoms with E-state index in [0.717, 1.165) is 23.0 Å². The Kier molecular flexibility index (Phi) is 3.25. The van der Waals surface area contributed by atoms with Gasteiger partial charge in [0.05, 0.1) is 17.6 Å². The van der Waals surface area contributed by atoms with Gasteiger partial charge in [0.1, 0.15) is 17.6 Å². The van der Waals surface area contributed by atoms with Crippen LogP contribution in [0.25, 0.3) is 0 Å². The first kappa shape index (κ1) is 12.5. The highest BCUT2D eigenvalue weighted by atomic mass is 16.3. The SMILES string of the molecule is Cc1ncccc1NC(c1ccco1)c1nccn1C. The van der Waals surface area contributed by atoms with E-state index in [1.807, 2.05) is 49.0 Å². The van der Waals surface area contributed by atoms with E-state index in [-0.39, 0.29) is 6.04 Å². The number of hydrogen-bond acceptors (Lipinski definition) is 4. The maximum atomic E-state index is 5.55. The molecule has 3 heterocycles. The lowest BCUT2D eigenvalue weighted by molar-refractivity contribution is 0.488. The molecule has 1 atom stereocenters. The lowest BCUT2D eigenvalue weighted by Crippen LogP contribution is -2.17. The molecule has 0 radical (unpaired) electrons. The average Bonchev–Trinajstić information content (AvgIpc) is 3.10. The predicted molar refractivity (Wildman–Crippen MR) is 76.4 cm³/mol. The second-order valence-corrected chi connectivity index (χ2v) is 4.63. The first-order chi connectivity index (χ1) is 9.75. The van der Waals surface area contributed by atoms with Crippen molar-refractivity contribution in [1.82, 2.24) is 14.5 Å². The van der Waals surface area contributed by atoms with E-state index in [1.54, 1.807) is 18.7 Å². The van der Waals surface area contributed by atoms with Gasteiger partial charge >= 0.3 is 0 Å². The number of nitrogens with one attached hydrogen (secondary N) is 1. The summed E-state index contributed by atoms with van der Waals surface area (Å²) < 4.78 is 7.53. The Morgan fingerprint density at radius 2 is 2.10 bits per heavy atom. The van der Waals surface area contributed by atoms with Crippen molar-refractivity contribution < 1.29 is 4.42 Å². The molecule has 0 spiro atoms. The standard InChI is InChI=1S/C15H16N4O/c1-11-12(5-3-7-16-11)18-14(13-6-4-10-20-13)15-17-8-9-19(15)2/h3-10,14,18H,1-2H3. The van der Waals surface area contributed by atoms with Crippen LogP contribution in [0.1, 0.15) is 23.3 Å². The zero-order chi connectivity index (χ0) is 13.9. The third kappa shape index (κ3) is 2.30. The van der Waals surface area contributed by atoms with Crippen LogP contribution in [0, 0.1) is 6.92 Å². The summed E-state index contributed by atoms with van der Waals surface area (Å²) >= 11 is 0. The van der Waals surface area contributed by atoms with Crippen molar-refractivity contribution in [3.8, 4) is 0 Å². The number of aryl methyl sites for hydroxylation is 2. The second kappa shape index (κ2) is 5.21. The molecule has 0 aromatic carbocycles. The molecule has 0 saturated heterocycles. The molecule has 20 heavy (non-hydrogen) atoms. The molecule has 0 amide bonds. The zero-order valence-electron chi connectivity index (χ0n) is 11.4. The first-order valence-corrected chi connectivity index (χ1v) is 6.44. The van der Waals surface area contributed by atoms with Crippen LogP contribution in [0.4, 0.5) is 5.69 Å². The normalized spacial score (nSPS) is 12.3. The first-order valence-electron chi connectivity index (χ1n) is 6.44. The number of nitrogens with zero attached hydrogens (tertiary/aromatic N) is 3. The van der Waals surface area contributed by atoms with Gasteiger partial charge < -0.3 is 14.3 Å². The van der Waals surface area contributed by atoms with Crippen molar-refractivity contribution in [2.75, 3.05) is 5.32 Å². The molecule has 0 saturated carbocycles. The van der Waals surface area contributed by atoms with Gasteiger partial charge in [-0.25, -0.2) is 4.98 Å². The Bertz CT molecular complexity index is 687. The monoisotopic (exact) mass is 268 g/mol. The predicted octanol–water partition coefficient (Wildman–Crippen LogP) is 2.92. The van der Waals surface area contributed by atoms with E-state index in [9.17, 15) is 0 Å². The van der Waals surface area contributed by atoms with Gasteiger partial charge in [0, 0.05) is 25.6 Å². The van der Waals surface area contributed by atoms with Gasteiger partial charge in [-0.3, -0.25) is 4.98 Å². The summed E-state index contributed by atoms with van der Waals surface area (Å²) in [5.74, 6) is 1.71. The fraction of sp³-hybridized carbons (Fsp3) is 0.200. The van der Waals surface area contributed by atoms with E-state index in [0.29, 0.717) is 0 Å². The number of aromatic nitrogens is 3. The van der Waals surface area contributed by atoms with Gasteiger partial charge in [-0.1, -0.05) is 0 Å². The minimum Gasteiger partial charge on any atom is -0.467 e. The van der Waals surface area contributed by atoms with Crippen molar-refractivity contribution in [2.24, 2.45) is 7.05 Å². The zero-order valence-corrected chi connectivity index (χ0v) is 11.4. The molecule has 0 aliphatic rings. The molecular formula is C15H16N4O.